The Kier molecular flexibility index (Phi) is 10.5. The number of hydrogen-bond donors (Lipinski definition) is 1. The minimum absolute atomic E-state index is 0.0171. The molecule has 7 rings (SSSR count). The molecular formula is C42H43N3O6. The Labute approximate surface area is 297 Å². The standard InChI is InChI=1S/C42H43N3O6/c1-2-49-42(48)30-16-19-36-38(23-30)45(41(44-36)29-14-17-33(18-15-29)51-27-28-10-5-3-6-11-28)20-7-4-8-21-50-39-24-37-35(22-32(39)26-46)40(47)34-13-9-12-31(34)25-43-37/h3,5-6,10-11,14-19,22-25,31,34,46H,2,4,7-9,12-13,20-21,26-27H2,1H3/t31-,34?/m0/s1. The van der Waals surface area contributed by atoms with Gasteiger partial charge in [0.1, 0.15) is 23.9 Å². The number of carbonyl (C=O) groups excluding carboxylic acids is 2. The number of aliphatic hydroxyl groups is 1. The molecule has 0 saturated heterocycles. The lowest BCUT2D eigenvalue weighted by molar-refractivity contribution is 0.0526. The van der Waals surface area contributed by atoms with E-state index in [2.05, 4.69) is 9.56 Å². The summed E-state index contributed by atoms with van der Waals surface area (Å²) in [5.41, 5.74) is 6.03. The molecule has 1 aromatic heterocycles. The van der Waals surface area contributed by atoms with Crippen molar-refractivity contribution in [3.63, 3.8) is 0 Å². The van der Waals surface area contributed by atoms with Crippen LogP contribution in [-0.4, -0.2) is 45.8 Å². The number of fused-ring (bicyclic) bond motifs is 3. The Hall–Kier alpha value is -5.28. The van der Waals surface area contributed by atoms with Crippen LogP contribution in [0.15, 0.2) is 89.9 Å². The van der Waals surface area contributed by atoms with Crippen LogP contribution in [0.4, 0.5) is 5.69 Å². The zero-order valence-corrected chi connectivity index (χ0v) is 28.9. The van der Waals surface area contributed by atoms with Crippen molar-refractivity contribution in [1.82, 2.24) is 9.55 Å². The third-order valence-electron chi connectivity index (χ3n) is 9.83. The van der Waals surface area contributed by atoms with Crippen molar-refractivity contribution in [2.24, 2.45) is 16.8 Å². The Bertz CT molecular complexity index is 2040. The highest BCUT2D eigenvalue weighted by molar-refractivity contribution is 6.06. The van der Waals surface area contributed by atoms with Crippen molar-refractivity contribution in [1.29, 1.82) is 0 Å². The number of aromatic nitrogens is 2. The van der Waals surface area contributed by atoms with E-state index in [1.807, 2.05) is 72.9 Å². The van der Waals surface area contributed by atoms with E-state index in [0.717, 1.165) is 72.3 Å². The second-order valence-electron chi connectivity index (χ2n) is 13.2. The van der Waals surface area contributed by atoms with Gasteiger partial charge < -0.3 is 23.9 Å². The number of esters is 1. The van der Waals surface area contributed by atoms with Crippen LogP contribution in [0.1, 0.15) is 77.3 Å². The van der Waals surface area contributed by atoms with E-state index >= 15 is 0 Å². The van der Waals surface area contributed by atoms with Crippen LogP contribution in [-0.2, 0) is 24.5 Å². The Balaban J connectivity index is 1.03. The molecule has 9 heteroatoms. The number of unbranched alkanes of at least 4 members (excludes halogenated alkanes) is 2. The monoisotopic (exact) mass is 685 g/mol. The van der Waals surface area contributed by atoms with Crippen LogP contribution in [0.25, 0.3) is 22.4 Å². The van der Waals surface area contributed by atoms with Gasteiger partial charge in [-0.3, -0.25) is 9.79 Å². The zero-order valence-electron chi connectivity index (χ0n) is 28.9. The van der Waals surface area contributed by atoms with E-state index in [-0.39, 0.29) is 30.2 Å². The van der Waals surface area contributed by atoms with Gasteiger partial charge in [-0.25, -0.2) is 9.78 Å². The number of carbonyl (C=O) groups is 2. The van der Waals surface area contributed by atoms with E-state index in [4.69, 9.17) is 19.2 Å². The van der Waals surface area contributed by atoms with Crippen molar-refractivity contribution < 1.29 is 28.9 Å². The van der Waals surface area contributed by atoms with Crippen LogP contribution in [0.2, 0.25) is 0 Å². The number of hydrogen-bond acceptors (Lipinski definition) is 8. The van der Waals surface area contributed by atoms with Gasteiger partial charge >= 0.3 is 5.97 Å². The minimum Gasteiger partial charge on any atom is -0.493 e. The molecule has 2 atom stereocenters. The number of rotatable bonds is 14. The SMILES string of the molecule is CCOC(=O)c1ccc2nc(-c3ccc(OCc4ccccc4)cc3)n(CCCCCOc3cc4c(cc3CO)C(=O)C3CCC[C@H]3C=N4)c2c1. The van der Waals surface area contributed by atoms with Crippen LogP contribution in [0, 0.1) is 11.8 Å². The summed E-state index contributed by atoms with van der Waals surface area (Å²) in [5.74, 6) is 2.09. The van der Waals surface area contributed by atoms with E-state index in [1.54, 1.807) is 25.1 Å². The van der Waals surface area contributed by atoms with Crippen molar-refractivity contribution in [3.05, 3.63) is 107 Å². The molecule has 262 valence electrons. The summed E-state index contributed by atoms with van der Waals surface area (Å²) in [7, 11) is 0. The van der Waals surface area contributed by atoms with Gasteiger partial charge in [0.25, 0.3) is 0 Å². The fraction of sp³-hybridized carbons (Fsp3) is 0.333. The third kappa shape index (κ3) is 7.59. The third-order valence-corrected chi connectivity index (χ3v) is 9.83. The Morgan fingerprint density at radius 3 is 2.59 bits per heavy atom. The molecule has 0 amide bonds. The maximum Gasteiger partial charge on any atom is 0.338 e. The molecule has 9 nitrogen and oxygen atoms in total. The fourth-order valence-electron chi connectivity index (χ4n) is 7.13. The summed E-state index contributed by atoms with van der Waals surface area (Å²) in [6.07, 6.45) is 7.37. The molecule has 2 aliphatic rings. The number of aliphatic imine (C=N–C) groups is 1. The first-order valence-corrected chi connectivity index (χ1v) is 18.0. The van der Waals surface area contributed by atoms with Crippen LogP contribution in [0.5, 0.6) is 11.5 Å². The second-order valence-corrected chi connectivity index (χ2v) is 13.2. The lowest BCUT2D eigenvalue weighted by Crippen LogP contribution is -2.18. The highest BCUT2D eigenvalue weighted by atomic mass is 16.5. The first kappa shape index (κ1) is 34.2. The van der Waals surface area contributed by atoms with Crippen molar-refractivity contribution in [2.75, 3.05) is 13.2 Å². The number of aliphatic hydroxyl groups excluding tert-OH is 1. The van der Waals surface area contributed by atoms with Gasteiger partial charge in [-0.1, -0.05) is 36.8 Å². The first-order valence-electron chi connectivity index (χ1n) is 18.0. The molecule has 2 heterocycles. The van der Waals surface area contributed by atoms with Crippen molar-refractivity contribution >= 4 is 34.7 Å². The van der Waals surface area contributed by atoms with Crippen molar-refractivity contribution in [2.45, 2.75) is 65.2 Å². The lowest BCUT2D eigenvalue weighted by Gasteiger charge is -2.15. The molecule has 0 radical (unpaired) electrons. The molecule has 1 aliphatic heterocycles. The first-order chi connectivity index (χ1) is 25.0. The molecule has 4 aromatic carbocycles. The second kappa shape index (κ2) is 15.7. The molecule has 0 bridgehead atoms. The average Bonchev–Trinajstić information content (AvgIpc) is 3.76. The molecule has 5 aromatic rings. The average molecular weight is 686 g/mol. The highest BCUT2D eigenvalue weighted by Gasteiger charge is 2.35. The molecule has 1 fully saturated rings. The quantitative estimate of drug-likeness (QED) is 0.0921. The van der Waals surface area contributed by atoms with Crippen molar-refractivity contribution in [3.8, 4) is 22.9 Å². The molecule has 1 aliphatic carbocycles. The fourth-order valence-corrected chi connectivity index (χ4v) is 7.13. The van der Waals surface area contributed by atoms with E-state index in [1.165, 1.54) is 0 Å². The lowest BCUT2D eigenvalue weighted by atomic mass is 9.89. The van der Waals surface area contributed by atoms with E-state index < -0.39 is 0 Å². The predicted octanol–water partition coefficient (Wildman–Crippen LogP) is 8.52. The summed E-state index contributed by atoms with van der Waals surface area (Å²) in [4.78, 5) is 35.5. The largest absolute Gasteiger partial charge is 0.493 e. The Morgan fingerprint density at radius 2 is 1.78 bits per heavy atom. The summed E-state index contributed by atoms with van der Waals surface area (Å²) in [6, 6.07) is 27.1. The molecule has 1 N–H and O–H groups in total. The summed E-state index contributed by atoms with van der Waals surface area (Å²) < 4.78 is 19.6. The topological polar surface area (TPSA) is 112 Å². The molecule has 0 spiro atoms. The van der Waals surface area contributed by atoms with Gasteiger partial charge in [-0.2, -0.15) is 0 Å². The summed E-state index contributed by atoms with van der Waals surface area (Å²) in [5, 5.41) is 10.1. The number of aryl methyl sites for hydroxylation is 1. The number of benzene rings is 4. The van der Waals surface area contributed by atoms with E-state index in [0.29, 0.717) is 54.5 Å². The number of Topliss-reactive ketones (excluding diaryl/α,β-unsaturated/α-hetero) is 1. The highest BCUT2D eigenvalue weighted by Crippen LogP contribution is 2.40. The maximum absolute atomic E-state index is 13.3. The van der Waals surface area contributed by atoms with Crippen LogP contribution in [0.3, 0.4) is 0 Å². The zero-order chi connectivity index (χ0) is 35.2. The van der Waals surface area contributed by atoms with Gasteiger partial charge in [-0.15, -0.1) is 0 Å². The smallest absolute Gasteiger partial charge is 0.338 e. The van der Waals surface area contributed by atoms with Crippen LogP contribution >= 0.6 is 0 Å². The molecule has 1 saturated carbocycles. The molecule has 1 unspecified atom stereocenters. The minimum atomic E-state index is -0.358. The predicted molar refractivity (Wildman–Crippen MR) is 197 cm³/mol. The molecule has 51 heavy (non-hydrogen) atoms. The number of nitrogens with zero attached hydrogens (tertiary/aromatic N) is 3. The Morgan fingerprint density at radius 1 is 0.941 bits per heavy atom. The number of ether oxygens (including phenoxy) is 3. The normalized spacial score (nSPS) is 16.5. The van der Waals surface area contributed by atoms with Gasteiger partial charge in [0.15, 0.2) is 5.78 Å². The maximum atomic E-state index is 13.3. The van der Waals surface area contributed by atoms with Gasteiger partial charge in [0.2, 0.25) is 0 Å². The number of ketones is 1. The van der Waals surface area contributed by atoms with E-state index in [9.17, 15) is 14.7 Å². The van der Waals surface area contributed by atoms with Crippen LogP contribution < -0.4 is 9.47 Å². The number of imidazole rings is 1. The van der Waals surface area contributed by atoms with Gasteiger partial charge in [0.05, 0.1) is 42.1 Å². The summed E-state index contributed by atoms with van der Waals surface area (Å²) >= 11 is 0. The van der Waals surface area contributed by atoms with Gasteiger partial charge in [-0.05, 0) is 93.1 Å². The van der Waals surface area contributed by atoms with Gasteiger partial charge in [0, 0.05) is 47.4 Å². The molecular weight excluding hydrogens is 642 g/mol. The summed E-state index contributed by atoms with van der Waals surface area (Å²) in [6.45, 7) is 3.53.